The molecule has 0 aliphatic rings. The van der Waals surface area contributed by atoms with Crippen LogP contribution in [0.3, 0.4) is 0 Å². The van der Waals surface area contributed by atoms with Gasteiger partial charge in [-0.1, -0.05) is 6.92 Å². The Hall–Kier alpha value is -1.78. The molecule has 1 rings (SSSR count). The Morgan fingerprint density at radius 1 is 1.56 bits per heavy atom. The molecule has 5 heteroatoms. The predicted molar refractivity (Wildman–Crippen MR) is 60.4 cm³/mol. The van der Waals surface area contributed by atoms with Gasteiger partial charge in [0.2, 0.25) is 11.3 Å². The Morgan fingerprint density at radius 2 is 2.25 bits per heavy atom. The van der Waals surface area contributed by atoms with E-state index in [0.717, 1.165) is 6.42 Å². The lowest BCUT2D eigenvalue weighted by atomic mass is 10.3. The molecule has 0 saturated heterocycles. The van der Waals surface area contributed by atoms with Crippen molar-refractivity contribution in [3.63, 3.8) is 0 Å². The van der Waals surface area contributed by atoms with Crippen molar-refractivity contribution in [2.75, 3.05) is 6.54 Å². The van der Waals surface area contributed by atoms with Gasteiger partial charge in [-0.25, -0.2) is 0 Å². The average molecular weight is 224 g/mol. The molecule has 0 fully saturated rings. The van der Waals surface area contributed by atoms with Gasteiger partial charge in [0.15, 0.2) is 5.75 Å². The van der Waals surface area contributed by atoms with Crippen molar-refractivity contribution in [3.8, 4) is 5.75 Å². The maximum Gasteiger partial charge on any atom is 0.239 e. The summed E-state index contributed by atoms with van der Waals surface area (Å²) in [6.45, 7) is 4.31. The zero-order valence-electron chi connectivity index (χ0n) is 9.49. The van der Waals surface area contributed by atoms with Gasteiger partial charge in [-0.3, -0.25) is 9.59 Å². The van der Waals surface area contributed by atoms with Gasteiger partial charge in [-0.15, -0.1) is 0 Å². The number of pyridine rings is 1. The van der Waals surface area contributed by atoms with Crippen molar-refractivity contribution in [1.29, 1.82) is 0 Å². The van der Waals surface area contributed by atoms with Gasteiger partial charge in [0.25, 0.3) is 0 Å². The Bertz CT molecular complexity index is 437. The summed E-state index contributed by atoms with van der Waals surface area (Å²) in [5, 5.41) is 12.1. The first-order valence-electron chi connectivity index (χ1n) is 5.22. The molecule has 1 aromatic heterocycles. The number of hydrogen-bond acceptors (Lipinski definition) is 3. The van der Waals surface area contributed by atoms with Gasteiger partial charge >= 0.3 is 0 Å². The first kappa shape index (κ1) is 12.3. The van der Waals surface area contributed by atoms with Gasteiger partial charge in [0.05, 0.1) is 5.69 Å². The molecule has 1 amide bonds. The quantitative estimate of drug-likeness (QED) is 0.777. The first-order valence-corrected chi connectivity index (χ1v) is 5.22. The van der Waals surface area contributed by atoms with Crippen LogP contribution in [0.15, 0.2) is 17.1 Å². The summed E-state index contributed by atoms with van der Waals surface area (Å²) >= 11 is 0. The molecule has 0 atom stereocenters. The minimum Gasteiger partial charge on any atom is -0.503 e. The van der Waals surface area contributed by atoms with Crippen LogP contribution in [0.1, 0.15) is 19.0 Å². The second-order valence-electron chi connectivity index (χ2n) is 3.59. The Kier molecular flexibility index (Phi) is 4.10. The van der Waals surface area contributed by atoms with Gasteiger partial charge in [0, 0.05) is 18.8 Å². The largest absolute Gasteiger partial charge is 0.503 e. The van der Waals surface area contributed by atoms with E-state index >= 15 is 0 Å². The molecule has 88 valence electrons. The summed E-state index contributed by atoms with van der Waals surface area (Å²) in [4.78, 5) is 22.5. The summed E-state index contributed by atoms with van der Waals surface area (Å²) in [6.07, 6.45) is 2.38. The molecule has 5 nitrogen and oxygen atoms in total. The van der Waals surface area contributed by atoms with Crippen molar-refractivity contribution < 1.29 is 9.90 Å². The second-order valence-corrected chi connectivity index (χ2v) is 3.59. The van der Waals surface area contributed by atoms with E-state index in [2.05, 4.69) is 5.32 Å². The number of aromatic nitrogens is 1. The van der Waals surface area contributed by atoms with Crippen molar-refractivity contribution >= 4 is 5.91 Å². The summed E-state index contributed by atoms with van der Waals surface area (Å²) in [5.74, 6) is -0.432. The van der Waals surface area contributed by atoms with Crippen LogP contribution < -0.4 is 10.7 Å². The molecule has 0 saturated carbocycles. The van der Waals surface area contributed by atoms with Crippen LogP contribution in [0.4, 0.5) is 0 Å². The molecule has 0 aliphatic carbocycles. The van der Waals surface area contributed by atoms with E-state index in [1.54, 1.807) is 11.5 Å². The highest BCUT2D eigenvalue weighted by atomic mass is 16.3. The highest BCUT2D eigenvalue weighted by Crippen LogP contribution is 2.08. The minimum atomic E-state index is -0.428. The molecule has 1 aromatic rings. The van der Waals surface area contributed by atoms with Gasteiger partial charge in [-0.2, -0.15) is 0 Å². The number of rotatable bonds is 4. The molecule has 0 aromatic carbocycles. The monoisotopic (exact) mass is 224 g/mol. The third-order valence-corrected chi connectivity index (χ3v) is 2.30. The van der Waals surface area contributed by atoms with E-state index < -0.39 is 5.43 Å². The fourth-order valence-electron chi connectivity index (χ4n) is 1.31. The Labute approximate surface area is 93.7 Å². The lowest BCUT2D eigenvalue weighted by molar-refractivity contribution is -0.121. The topological polar surface area (TPSA) is 71.3 Å². The zero-order chi connectivity index (χ0) is 12.1. The predicted octanol–water partition coefficient (Wildman–Crippen LogP) is 0.389. The zero-order valence-corrected chi connectivity index (χ0v) is 9.49. The van der Waals surface area contributed by atoms with E-state index in [1.807, 2.05) is 6.92 Å². The normalized spacial score (nSPS) is 10.1. The number of nitrogens with one attached hydrogen (secondary N) is 1. The van der Waals surface area contributed by atoms with Crippen molar-refractivity contribution in [3.05, 3.63) is 28.2 Å². The van der Waals surface area contributed by atoms with Crippen LogP contribution in [0.2, 0.25) is 0 Å². The van der Waals surface area contributed by atoms with E-state index in [4.69, 9.17) is 0 Å². The summed E-state index contributed by atoms with van der Waals surface area (Å²) < 4.78 is 1.54. The van der Waals surface area contributed by atoms with Gasteiger partial charge < -0.3 is 15.0 Å². The summed E-state index contributed by atoms with van der Waals surface area (Å²) in [6, 6.07) is 1.25. The molecule has 0 bridgehead atoms. The minimum absolute atomic E-state index is 0.111. The SMILES string of the molecule is CCCNC(=O)Cn1ccc(=O)c(O)c1C. The fourth-order valence-corrected chi connectivity index (χ4v) is 1.31. The van der Waals surface area contributed by atoms with Crippen LogP contribution in [0, 0.1) is 6.92 Å². The van der Waals surface area contributed by atoms with Crippen LogP contribution >= 0.6 is 0 Å². The van der Waals surface area contributed by atoms with Crippen molar-refractivity contribution in [2.45, 2.75) is 26.8 Å². The smallest absolute Gasteiger partial charge is 0.239 e. The van der Waals surface area contributed by atoms with Crippen molar-refractivity contribution in [1.82, 2.24) is 9.88 Å². The third-order valence-electron chi connectivity index (χ3n) is 2.30. The third kappa shape index (κ3) is 2.85. The number of aromatic hydroxyl groups is 1. The molecule has 0 radical (unpaired) electrons. The number of carbonyl (C=O) groups excluding carboxylic acids is 1. The second kappa shape index (κ2) is 5.34. The van der Waals surface area contributed by atoms with Crippen LogP contribution in [0.25, 0.3) is 0 Å². The van der Waals surface area contributed by atoms with Crippen LogP contribution in [0.5, 0.6) is 5.75 Å². The molecule has 0 aliphatic heterocycles. The first-order chi connectivity index (χ1) is 7.56. The van der Waals surface area contributed by atoms with Gasteiger partial charge in [-0.05, 0) is 13.3 Å². The fraction of sp³-hybridized carbons (Fsp3) is 0.455. The lowest BCUT2D eigenvalue weighted by Crippen LogP contribution is -2.29. The molecule has 16 heavy (non-hydrogen) atoms. The van der Waals surface area contributed by atoms with Crippen LogP contribution in [-0.2, 0) is 11.3 Å². The molecule has 0 unspecified atom stereocenters. The molecule has 2 N–H and O–H groups in total. The summed E-state index contributed by atoms with van der Waals surface area (Å²) in [7, 11) is 0. The summed E-state index contributed by atoms with van der Waals surface area (Å²) in [5.41, 5.74) is -0.0261. The molecular formula is C11H16N2O3. The number of amides is 1. The van der Waals surface area contributed by atoms with Crippen LogP contribution in [-0.4, -0.2) is 22.1 Å². The maximum atomic E-state index is 11.4. The van der Waals surface area contributed by atoms with E-state index in [9.17, 15) is 14.7 Å². The standard InChI is InChI=1S/C11H16N2O3/c1-3-5-12-10(15)7-13-6-4-9(14)11(16)8(13)2/h4,6,16H,3,5,7H2,1-2H3,(H,12,15). The van der Waals surface area contributed by atoms with E-state index in [0.29, 0.717) is 12.2 Å². The molecular weight excluding hydrogens is 208 g/mol. The van der Waals surface area contributed by atoms with Crippen molar-refractivity contribution in [2.24, 2.45) is 0 Å². The maximum absolute atomic E-state index is 11.4. The van der Waals surface area contributed by atoms with E-state index in [-0.39, 0.29) is 18.2 Å². The number of carbonyl (C=O) groups is 1. The van der Waals surface area contributed by atoms with Gasteiger partial charge in [0.1, 0.15) is 6.54 Å². The lowest BCUT2D eigenvalue weighted by Gasteiger charge is -2.11. The molecule has 1 heterocycles. The highest BCUT2D eigenvalue weighted by molar-refractivity contribution is 5.75. The number of nitrogens with zero attached hydrogens (tertiary/aromatic N) is 1. The highest BCUT2D eigenvalue weighted by Gasteiger charge is 2.07. The Morgan fingerprint density at radius 3 is 2.88 bits per heavy atom. The van der Waals surface area contributed by atoms with E-state index in [1.165, 1.54) is 12.3 Å². The molecule has 0 spiro atoms. The Balaban J connectivity index is 2.78. The number of hydrogen-bond donors (Lipinski definition) is 2. The average Bonchev–Trinajstić information content (AvgIpc) is 2.27.